The fraction of sp³-hybridized carbons (Fsp3) is 0.346. The van der Waals surface area contributed by atoms with Crippen molar-refractivity contribution < 1.29 is 12.6 Å². The van der Waals surface area contributed by atoms with Crippen LogP contribution in [-0.4, -0.2) is 50.8 Å². The number of hydrogen-bond acceptors (Lipinski definition) is 9. The van der Waals surface area contributed by atoms with E-state index in [-0.39, 0.29) is 10.6 Å². The number of anilines is 3. The van der Waals surface area contributed by atoms with Gasteiger partial charge in [-0.1, -0.05) is 29.3 Å². The van der Waals surface area contributed by atoms with Gasteiger partial charge in [-0.25, -0.2) is 0 Å². The van der Waals surface area contributed by atoms with Gasteiger partial charge in [0.15, 0.2) is 11.6 Å². The summed E-state index contributed by atoms with van der Waals surface area (Å²) >= 11 is 6.19. The Morgan fingerprint density at radius 3 is 2.32 bits per heavy atom. The second-order valence-corrected chi connectivity index (χ2v) is 11.2. The van der Waals surface area contributed by atoms with E-state index in [1.165, 1.54) is 24.4 Å². The van der Waals surface area contributed by atoms with Gasteiger partial charge in [-0.3, -0.25) is 5.43 Å². The summed E-state index contributed by atoms with van der Waals surface area (Å²) in [7, 11) is -4.03. The summed E-state index contributed by atoms with van der Waals surface area (Å²) in [4.78, 5) is 14.0. The first-order chi connectivity index (χ1) is 17.9. The van der Waals surface area contributed by atoms with Crippen molar-refractivity contribution in [2.45, 2.75) is 37.5 Å². The maximum absolute atomic E-state index is 12.8. The monoisotopic (exact) mass is 540 g/mol. The Kier molecular flexibility index (Phi) is 7.48. The summed E-state index contributed by atoms with van der Waals surface area (Å²) in [6.45, 7) is 5.70. The maximum atomic E-state index is 12.8. The van der Waals surface area contributed by atoms with Crippen LogP contribution in [0.5, 0.6) is 5.75 Å². The van der Waals surface area contributed by atoms with E-state index in [0.717, 1.165) is 63.2 Å². The minimum absolute atomic E-state index is 0.0685. The minimum Gasteiger partial charge on any atom is -0.378 e. The zero-order valence-corrected chi connectivity index (χ0v) is 22.2. The Balaban J connectivity index is 1.38. The Bertz CT molecular complexity index is 1350. The quantitative estimate of drug-likeness (QED) is 0.246. The van der Waals surface area contributed by atoms with Gasteiger partial charge in [-0.15, -0.1) is 0 Å². The molecule has 3 aromatic rings. The maximum Gasteiger partial charge on any atom is 0.339 e. The van der Waals surface area contributed by atoms with Crippen molar-refractivity contribution in [2.24, 2.45) is 5.10 Å². The zero-order valence-electron chi connectivity index (χ0n) is 20.6. The molecule has 2 saturated heterocycles. The molecule has 0 bridgehead atoms. The highest BCUT2D eigenvalue weighted by atomic mass is 35.5. The molecule has 1 N–H and O–H groups in total. The number of halogens is 1. The number of aryl methyl sites for hydroxylation is 1. The first-order valence-electron chi connectivity index (χ1n) is 12.4. The predicted octanol–water partition coefficient (Wildman–Crippen LogP) is 4.85. The van der Waals surface area contributed by atoms with Crippen molar-refractivity contribution >= 4 is 45.5 Å². The summed E-state index contributed by atoms with van der Waals surface area (Å²) in [6, 6.07) is 13.0. The number of hydrazone groups is 1. The average molecular weight is 541 g/mol. The predicted molar refractivity (Wildman–Crippen MR) is 147 cm³/mol. The molecule has 5 rings (SSSR count). The molecule has 1 aromatic heterocycles. The Morgan fingerprint density at radius 2 is 1.62 bits per heavy atom. The number of nitrogens with one attached hydrogen (secondary N) is 1. The molecular formula is C26H29ClN6O3S. The van der Waals surface area contributed by atoms with Crippen molar-refractivity contribution in [2.75, 3.05) is 41.4 Å². The molecule has 2 fully saturated rings. The largest absolute Gasteiger partial charge is 0.378 e. The standard InChI is InChI=1S/C26H29ClN6O3S/c1-19-6-9-22(10-7-19)37(34,35)36-23-11-8-21(27)16-20(23)18-28-31-24-17-25(32-12-2-3-13-32)30-26(29-24)33-14-4-5-15-33/h6-11,16-18H,2-5,12-15H2,1H3,(H,29,30,31)/b28-18-. The molecule has 0 amide bonds. The first kappa shape index (κ1) is 25.3. The Morgan fingerprint density at radius 1 is 0.946 bits per heavy atom. The van der Waals surface area contributed by atoms with Crippen molar-refractivity contribution in [1.82, 2.24) is 9.97 Å². The third-order valence-corrected chi connectivity index (χ3v) is 7.87. The van der Waals surface area contributed by atoms with Crippen molar-refractivity contribution in [3.05, 3.63) is 64.7 Å². The second kappa shape index (κ2) is 10.9. The van der Waals surface area contributed by atoms with E-state index in [1.54, 1.807) is 24.3 Å². The molecule has 2 aliphatic rings. The fourth-order valence-electron chi connectivity index (χ4n) is 4.38. The second-order valence-electron chi connectivity index (χ2n) is 9.20. The number of nitrogens with zero attached hydrogens (tertiary/aromatic N) is 5. The van der Waals surface area contributed by atoms with Gasteiger partial charge >= 0.3 is 10.1 Å². The topological polar surface area (TPSA) is 100 Å². The molecule has 0 atom stereocenters. The molecule has 3 heterocycles. The van der Waals surface area contributed by atoms with Crippen LogP contribution in [-0.2, 0) is 10.1 Å². The van der Waals surface area contributed by atoms with E-state index in [9.17, 15) is 8.42 Å². The smallest absolute Gasteiger partial charge is 0.339 e. The highest BCUT2D eigenvalue weighted by molar-refractivity contribution is 7.87. The highest BCUT2D eigenvalue weighted by Gasteiger charge is 2.21. The van der Waals surface area contributed by atoms with E-state index < -0.39 is 10.1 Å². The summed E-state index contributed by atoms with van der Waals surface area (Å²) in [5.74, 6) is 2.25. The molecular weight excluding hydrogens is 512 g/mol. The summed E-state index contributed by atoms with van der Waals surface area (Å²) in [5, 5.41) is 4.75. The third-order valence-electron chi connectivity index (χ3n) is 6.38. The molecule has 0 aliphatic carbocycles. The lowest BCUT2D eigenvalue weighted by Gasteiger charge is -2.21. The van der Waals surface area contributed by atoms with Crippen LogP contribution in [0.4, 0.5) is 17.6 Å². The van der Waals surface area contributed by atoms with Crippen LogP contribution in [0.25, 0.3) is 0 Å². The lowest BCUT2D eigenvalue weighted by molar-refractivity contribution is 0.485. The average Bonchev–Trinajstić information content (AvgIpc) is 3.61. The van der Waals surface area contributed by atoms with Crippen LogP contribution in [0, 0.1) is 6.92 Å². The van der Waals surface area contributed by atoms with Gasteiger partial charge in [-0.2, -0.15) is 23.5 Å². The van der Waals surface area contributed by atoms with E-state index >= 15 is 0 Å². The first-order valence-corrected chi connectivity index (χ1v) is 14.1. The normalized spacial score (nSPS) is 16.1. The lowest BCUT2D eigenvalue weighted by Crippen LogP contribution is -2.24. The molecule has 37 heavy (non-hydrogen) atoms. The number of hydrogen-bond donors (Lipinski definition) is 1. The van der Waals surface area contributed by atoms with Crippen LogP contribution in [0.2, 0.25) is 5.02 Å². The van der Waals surface area contributed by atoms with Crippen LogP contribution in [0.15, 0.2) is 58.5 Å². The molecule has 2 aliphatic heterocycles. The van der Waals surface area contributed by atoms with Gasteiger partial charge in [0.25, 0.3) is 0 Å². The summed E-state index contributed by atoms with van der Waals surface area (Å²) in [6.07, 6.45) is 6.02. The molecule has 194 valence electrons. The van der Waals surface area contributed by atoms with E-state index in [4.69, 9.17) is 20.8 Å². The molecule has 11 heteroatoms. The van der Waals surface area contributed by atoms with Gasteiger partial charge in [0.05, 0.1) is 6.21 Å². The van der Waals surface area contributed by atoms with Crippen molar-refractivity contribution in [1.29, 1.82) is 0 Å². The van der Waals surface area contributed by atoms with E-state index in [0.29, 0.717) is 22.4 Å². The SMILES string of the molecule is Cc1ccc(S(=O)(=O)Oc2ccc(Cl)cc2/C=N\Nc2cc(N3CCCC3)nc(N3CCCC3)n2)cc1. The Labute approximate surface area is 222 Å². The van der Waals surface area contributed by atoms with Crippen molar-refractivity contribution in [3.63, 3.8) is 0 Å². The molecule has 9 nitrogen and oxygen atoms in total. The lowest BCUT2D eigenvalue weighted by atomic mass is 10.2. The van der Waals surface area contributed by atoms with E-state index in [1.807, 2.05) is 13.0 Å². The van der Waals surface area contributed by atoms with Gasteiger partial charge in [-0.05, 0) is 62.9 Å². The summed E-state index contributed by atoms with van der Waals surface area (Å²) < 4.78 is 31.1. The minimum atomic E-state index is -4.03. The molecule has 0 radical (unpaired) electrons. The third kappa shape index (κ3) is 6.14. The summed E-state index contributed by atoms with van der Waals surface area (Å²) in [5.41, 5.74) is 4.35. The van der Waals surface area contributed by atoms with Gasteiger partial charge in [0.1, 0.15) is 10.7 Å². The molecule has 0 spiro atoms. The van der Waals surface area contributed by atoms with Gasteiger partial charge in [0, 0.05) is 42.8 Å². The van der Waals surface area contributed by atoms with Gasteiger partial charge in [0.2, 0.25) is 5.95 Å². The Hall–Kier alpha value is -3.37. The van der Waals surface area contributed by atoms with E-state index in [2.05, 4.69) is 25.3 Å². The fourth-order valence-corrected chi connectivity index (χ4v) is 5.52. The number of aromatic nitrogens is 2. The van der Waals surface area contributed by atoms with Crippen LogP contribution < -0.4 is 19.4 Å². The van der Waals surface area contributed by atoms with Crippen LogP contribution in [0.3, 0.4) is 0 Å². The molecule has 0 unspecified atom stereocenters. The molecule has 0 saturated carbocycles. The molecule has 2 aromatic carbocycles. The number of rotatable bonds is 8. The van der Waals surface area contributed by atoms with Crippen LogP contribution >= 0.6 is 11.6 Å². The van der Waals surface area contributed by atoms with Crippen LogP contribution in [0.1, 0.15) is 36.8 Å². The van der Waals surface area contributed by atoms with Gasteiger partial charge < -0.3 is 14.0 Å². The zero-order chi connectivity index (χ0) is 25.8. The van der Waals surface area contributed by atoms with Crippen molar-refractivity contribution in [3.8, 4) is 5.75 Å². The highest BCUT2D eigenvalue weighted by Crippen LogP contribution is 2.27. The number of benzene rings is 2.